The fourth-order valence-corrected chi connectivity index (χ4v) is 4.16. The minimum atomic E-state index is -2.21. The first-order chi connectivity index (χ1) is 15.8. The van der Waals surface area contributed by atoms with E-state index < -0.39 is 71.5 Å². The highest BCUT2D eigenvalue weighted by Crippen LogP contribution is 2.41. The number of Topliss-reactive ketones (excluding diaryl/α,β-unsaturated/α-hetero) is 1. The fraction of sp³-hybridized carbons (Fsp3) is 0.680. The van der Waals surface area contributed by atoms with Crippen molar-refractivity contribution >= 4 is 23.7 Å². The first-order valence-electron chi connectivity index (χ1n) is 11.7. The molecule has 0 aromatic heterocycles. The van der Waals surface area contributed by atoms with Gasteiger partial charge in [-0.25, -0.2) is 9.59 Å². The largest absolute Gasteiger partial charge is 0.459 e. The maximum atomic E-state index is 13.1. The third-order valence-electron chi connectivity index (χ3n) is 7.03. The standard InChI is InChI=1S/C25H36O9/c1-8-12(3)22(28)32-19-14(5)10-11-16(26)25(7,31)21(34-23(29)13(4)9-2)20-17(18(19)27)15(6)24(30)33-20/h9,12,14,17-21,27,31H,6,8,10-11H2,1-5,7H3. The number of ether oxygens (including phenoxy) is 3. The summed E-state index contributed by atoms with van der Waals surface area (Å²) in [6.45, 7) is 13.3. The van der Waals surface area contributed by atoms with Gasteiger partial charge in [0.05, 0.1) is 11.8 Å². The molecule has 190 valence electrons. The van der Waals surface area contributed by atoms with Gasteiger partial charge in [0, 0.05) is 17.6 Å². The number of esters is 3. The van der Waals surface area contributed by atoms with Crippen LogP contribution in [0.15, 0.2) is 23.8 Å². The van der Waals surface area contributed by atoms with Crippen molar-refractivity contribution in [2.75, 3.05) is 0 Å². The number of hydrogen-bond donors (Lipinski definition) is 2. The Kier molecular flexibility index (Phi) is 8.82. The highest BCUT2D eigenvalue weighted by Gasteiger charge is 2.58. The zero-order chi connectivity index (χ0) is 26.0. The van der Waals surface area contributed by atoms with Crippen molar-refractivity contribution < 1.29 is 43.6 Å². The maximum absolute atomic E-state index is 13.1. The van der Waals surface area contributed by atoms with Crippen molar-refractivity contribution in [3.8, 4) is 0 Å². The molecule has 1 heterocycles. The van der Waals surface area contributed by atoms with Gasteiger partial charge in [0.2, 0.25) is 0 Å². The van der Waals surface area contributed by atoms with Crippen LogP contribution in [0.25, 0.3) is 0 Å². The van der Waals surface area contributed by atoms with Crippen molar-refractivity contribution in [3.05, 3.63) is 23.8 Å². The molecular weight excluding hydrogens is 444 g/mol. The molecule has 8 atom stereocenters. The predicted octanol–water partition coefficient (Wildman–Crippen LogP) is 2.03. The molecule has 34 heavy (non-hydrogen) atoms. The second-order valence-electron chi connectivity index (χ2n) is 9.51. The Morgan fingerprint density at radius 1 is 1.32 bits per heavy atom. The lowest BCUT2D eigenvalue weighted by molar-refractivity contribution is -0.195. The Labute approximate surface area is 200 Å². The van der Waals surface area contributed by atoms with Crippen molar-refractivity contribution in [2.24, 2.45) is 17.8 Å². The fourth-order valence-electron chi connectivity index (χ4n) is 4.16. The van der Waals surface area contributed by atoms with E-state index in [0.717, 1.165) is 0 Å². The van der Waals surface area contributed by atoms with Crippen molar-refractivity contribution in [3.63, 3.8) is 0 Å². The Hall–Kier alpha value is -2.52. The molecule has 2 aliphatic rings. The van der Waals surface area contributed by atoms with E-state index >= 15 is 0 Å². The summed E-state index contributed by atoms with van der Waals surface area (Å²) in [6, 6.07) is 0. The molecule has 2 rings (SSSR count). The van der Waals surface area contributed by atoms with Gasteiger partial charge in [-0.2, -0.15) is 0 Å². The first kappa shape index (κ1) is 27.7. The van der Waals surface area contributed by atoms with Crippen LogP contribution in [0, 0.1) is 17.8 Å². The molecule has 0 aromatic carbocycles. The molecule has 1 saturated heterocycles. The van der Waals surface area contributed by atoms with E-state index in [1.807, 2.05) is 6.92 Å². The van der Waals surface area contributed by atoms with Crippen LogP contribution >= 0.6 is 0 Å². The topological polar surface area (TPSA) is 136 Å². The van der Waals surface area contributed by atoms with Crippen LogP contribution in [0.3, 0.4) is 0 Å². The summed E-state index contributed by atoms with van der Waals surface area (Å²) in [5.74, 6) is -4.93. The van der Waals surface area contributed by atoms with E-state index in [4.69, 9.17) is 14.2 Å². The quantitative estimate of drug-likeness (QED) is 0.344. The maximum Gasteiger partial charge on any atom is 0.334 e. The Bertz CT molecular complexity index is 872. The molecule has 8 unspecified atom stereocenters. The molecule has 0 spiro atoms. The van der Waals surface area contributed by atoms with E-state index in [2.05, 4.69) is 6.58 Å². The number of aliphatic hydroxyl groups excluding tert-OH is 1. The number of fused-ring (bicyclic) bond motifs is 1. The second-order valence-corrected chi connectivity index (χ2v) is 9.51. The molecule has 9 nitrogen and oxygen atoms in total. The lowest BCUT2D eigenvalue weighted by Crippen LogP contribution is -2.59. The van der Waals surface area contributed by atoms with Gasteiger partial charge in [0.25, 0.3) is 0 Å². The third-order valence-corrected chi connectivity index (χ3v) is 7.03. The Balaban J connectivity index is 2.58. The minimum absolute atomic E-state index is 0.123. The molecule has 1 aliphatic carbocycles. The molecule has 0 bridgehead atoms. The first-order valence-corrected chi connectivity index (χ1v) is 11.7. The molecule has 1 saturated carbocycles. The van der Waals surface area contributed by atoms with Gasteiger partial charge in [-0.1, -0.05) is 33.4 Å². The zero-order valence-electron chi connectivity index (χ0n) is 20.7. The molecule has 2 N–H and O–H groups in total. The van der Waals surface area contributed by atoms with Crippen molar-refractivity contribution in [1.82, 2.24) is 0 Å². The highest BCUT2D eigenvalue weighted by molar-refractivity contribution is 5.93. The number of rotatable bonds is 5. The van der Waals surface area contributed by atoms with Crippen LogP contribution in [0.2, 0.25) is 0 Å². The average Bonchev–Trinajstić information content (AvgIpc) is 3.09. The molecule has 9 heteroatoms. The van der Waals surface area contributed by atoms with E-state index in [1.165, 1.54) is 19.9 Å². The van der Waals surface area contributed by atoms with Gasteiger partial charge < -0.3 is 24.4 Å². The van der Waals surface area contributed by atoms with Gasteiger partial charge in [0.1, 0.15) is 12.2 Å². The molecule has 2 fully saturated rings. The van der Waals surface area contributed by atoms with Gasteiger partial charge in [-0.05, 0) is 39.5 Å². The smallest absolute Gasteiger partial charge is 0.334 e. The molecular formula is C25H36O9. The summed E-state index contributed by atoms with van der Waals surface area (Å²) in [7, 11) is 0. The van der Waals surface area contributed by atoms with Crippen LogP contribution in [0.1, 0.15) is 60.8 Å². The van der Waals surface area contributed by atoms with Gasteiger partial charge in [-0.15, -0.1) is 0 Å². The van der Waals surface area contributed by atoms with Gasteiger partial charge in [0.15, 0.2) is 23.6 Å². The summed E-state index contributed by atoms with van der Waals surface area (Å²) in [6.07, 6.45) is -3.51. The van der Waals surface area contributed by atoms with Crippen LogP contribution in [0.4, 0.5) is 0 Å². The summed E-state index contributed by atoms with van der Waals surface area (Å²) < 4.78 is 16.6. The van der Waals surface area contributed by atoms with E-state index in [9.17, 15) is 29.4 Å². The normalized spacial score (nSPS) is 35.8. The summed E-state index contributed by atoms with van der Waals surface area (Å²) in [4.78, 5) is 50.7. The SMILES string of the molecule is C=C1C(=O)OC2C1C(O)C(OC(=O)C(C)CC)C(C)CCC(=O)C(C)(O)C2OC(=O)C(C)=CC. The van der Waals surface area contributed by atoms with Crippen LogP contribution in [0.5, 0.6) is 0 Å². The third kappa shape index (κ3) is 5.41. The molecule has 1 aliphatic heterocycles. The average molecular weight is 481 g/mol. The number of carbonyl (C=O) groups is 4. The van der Waals surface area contributed by atoms with E-state index in [-0.39, 0.29) is 24.0 Å². The van der Waals surface area contributed by atoms with Crippen LogP contribution in [-0.2, 0) is 33.4 Å². The number of aliphatic hydroxyl groups is 2. The summed E-state index contributed by atoms with van der Waals surface area (Å²) >= 11 is 0. The number of ketones is 1. The summed E-state index contributed by atoms with van der Waals surface area (Å²) in [5.41, 5.74) is -2.12. The molecule has 0 aromatic rings. The second kappa shape index (κ2) is 10.8. The predicted molar refractivity (Wildman–Crippen MR) is 121 cm³/mol. The van der Waals surface area contributed by atoms with E-state index in [0.29, 0.717) is 6.42 Å². The van der Waals surface area contributed by atoms with Gasteiger partial charge in [-0.3, -0.25) is 9.59 Å². The van der Waals surface area contributed by atoms with Crippen LogP contribution in [-0.4, -0.2) is 63.9 Å². The monoisotopic (exact) mass is 480 g/mol. The zero-order valence-corrected chi connectivity index (χ0v) is 20.7. The minimum Gasteiger partial charge on any atom is -0.459 e. The lowest BCUT2D eigenvalue weighted by atomic mass is 9.75. The number of hydrogen-bond acceptors (Lipinski definition) is 9. The Morgan fingerprint density at radius 3 is 2.50 bits per heavy atom. The van der Waals surface area contributed by atoms with Crippen LogP contribution < -0.4 is 0 Å². The Morgan fingerprint density at radius 2 is 1.94 bits per heavy atom. The number of carbonyl (C=O) groups excluding carboxylic acids is 4. The van der Waals surface area contributed by atoms with Crippen molar-refractivity contribution in [1.29, 1.82) is 0 Å². The molecule has 0 amide bonds. The summed E-state index contributed by atoms with van der Waals surface area (Å²) in [5, 5.41) is 22.6. The lowest BCUT2D eigenvalue weighted by Gasteiger charge is -2.40. The highest BCUT2D eigenvalue weighted by atomic mass is 16.6. The van der Waals surface area contributed by atoms with Crippen molar-refractivity contribution in [2.45, 2.75) is 90.8 Å². The van der Waals surface area contributed by atoms with E-state index in [1.54, 1.807) is 20.8 Å². The number of allylic oxidation sites excluding steroid dienone is 1. The molecule has 0 radical (unpaired) electrons. The van der Waals surface area contributed by atoms with Gasteiger partial charge >= 0.3 is 17.9 Å².